The van der Waals surface area contributed by atoms with E-state index in [0.717, 1.165) is 0 Å². The van der Waals surface area contributed by atoms with E-state index in [1.165, 1.54) is 0 Å². The van der Waals surface area contributed by atoms with Gasteiger partial charge < -0.3 is 32.7 Å². The van der Waals surface area contributed by atoms with Gasteiger partial charge in [0.25, 0.3) is 0 Å². The minimum atomic E-state index is -0.533. The van der Waals surface area contributed by atoms with Gasteiger partial charge in [-0.25, -0.2) is 0 Å². The summed E-state index contributed by atoms with van der Waals surface area (Å²) < 4.78 is 0. The molecule has 0 unspecified atom stereocenters. The van der Waals surface area contributed by atoms with Crippen LogP contribution in [0.15, 0.2) is 0 Å². The SMILES string of the molecule is NCCNC(=O)CNC(=O)CNC(=O)CNC(=O)CN. The number of rotatable bonds is 9. The topological polar surface area (TPSA) is 168 Å². The van der Waals surface area contributed by atoms with Crippen molar-refractivity contribution in [1.82, 2.24) is 21.3 Å². The van der Waals surface area contributed by atoms with Crippen LogP contribution in [0.4, 0.5) is 0 Å². The molecule has 0 rings (SSSR count). The summed E-state index contributed by atoms with van der Waals surface area (Å²) in [6, 6.07) is 0. The molecular formula is C10H20N6O4. The molecule has 0 bridgehead atoms. The molecule has 0 heterocycles. The summed E-state index contributed by atoms with van der Waals surface area (Å²) in [5, 5.41) is 9.29. The Labute approximate surface area is 116 Å². The van der Waals surface area contributed by atoms with E-state index in [9.17, 15) is 19.2 Å². The van der Waals surface area contributed by atoms with Crippen LogP contribution in [-0.2, 0) is 19.2 Å². The summed E-state index contributed by atoms with van der Waals surface area (Å²) >= 11 is 0. The third-order valence-corrected chi connectivity index (χ3v) is 1.99. The summed E-state index contributed by atoms with van der Waals surface area (Å²) in [5.41, 5.74) is 10.2. The van der Waals surface area contributed by atoms with Gasteiger partial charge in [-0.2, -0.15) is 0 Å². The Morgan fingerprint density at radius 3 is 1.45 bits per heavy atom. The standard InChI is InChI=1S/C10H20N6O4/c11-1-2-13-8(18)4-15-10(20)6-16-9(19)5-14-7(17)3-12/h1-6,11-12H2,(H,13,18)(H,14,17)(H,15,20)(H,16,19). The average molecular weight is 288 g/mol. The van der Waals surface area contributed by atoms with Gasteiger partial charge in [-0.05, 0) is 0 Å². The molecule has 8 N–H and O–H groups in total. The largest absolute Gasteiger partial charge is 0.353 e. The summed E-state index contributed by atoms with van der Waals surface area (Å²) in [6.07, 6.45) is 0. The Balaban J connectivity index is 3.69. The number of carbonyl (C=O) groups excluding carboxylic acids is 4. The predicted molar refractivity (Wildman–Crippen MR) is 70.1 cm³/mol. The van der Waals surface area contributed by atoms with E-state index in [-0.39, 0.29) is 32.1 Å². The Morgan fingerprint density at radius 1 is 0.650 bits per heavy atom. The van der Waals surface area contributed by atoms with Crippen LogP contribution < -0.4 is 32.7 Å². The van der Waals surface area contributed by atoms with E-state index >= 15 is 0 Å². The average Bonchev–Trinajstić information content (AvgIpc) is 2.45. The molecule has 0 atom stereocenters. The minimum Gasteiger partial charge on any atom is -0.353 e. The van der Waals surface area contributed by atoms with Gasteiger partial charge in [0, 0.05) is 13.1 Å². The number of nitrogens with two attached hydrogens (primary N) is 2. The molecule has 0 aliphatic carbocycles. The highest BCUT2D eigenvalue weighted by Crippen LogP contribution is 1.70. The van der Waals surface area contributed by atoms with E-state index in [2.05, 4.69) is 21.3 Å². The predicted octanol–water partition coefficient (Wildman–Crippen LogP) is -4.63. The van der Waals surface area contributed by atoms with Gasteiger partial charge in [0.15, 0.2) is 0 Å². The molecule has 0 radical (unpaired) electrons. The molecule has 10 heteroatoms. The van der Waals surface area contributed by atoms with Gasteiger partial charge >= 0.3 is 0 Å². The first-order valence-corrected chi connectivity index (χ1v) is 5.96. The van der Waals surface area contributed by atoms with Gasteiger partial charge in [-0.15, -0.1) is 0 Å². The van der Waals surface area contributed by atoms with Gasteiger partial charge in [0.2, 0.25) is 23.6 Å². The molecule has 0 saturated carbocycles. The van der Waals surface area contributed by atoms with Crippen molar-refractivity contribution >= 4 is 23.6 Å². The van der Waals surface area contributed by atoms with Crippen LogP contribution in [0.3, 0.4) is 0 Å². The molecule has 4 amide bonds. The van der Waals surface area contributed by atoms with E-state index in [1.54, 1.807) is 0 Å². The molecule has 114 valence electrons. The summed E-state index contributed by atoms with van der Waals surface area (Å²) in [6.45, 7) is -0.331. The molecule has 0 aromatic heterocycles. The van der Waals surface area contributed by atoms with Crippen molar-refractivity contribution in [3.05, 3.63) is 0 Å². The maximum absolute atomic E-state index is 11.3. The van der Waals surface area contributed by atoms with E-state index < -0.39 is 17.7 Å². The number of carbonyl (C=O) groups is 4. The molecule has 0 aromatic carbocycles. The second kappa shape index (κ2) is 10.7. The normalized spacial score (nSPS) is 9.50. The molecule has 0 aromatic rings. The first-order chi connectivity index (χ1) is 9.49. The van der Waals surface area contributed by atoms with Crippen LogP contribution >= 0.6 is 0 Å². The fraction of sp³-hybridized carbons (Fsp3) is 0.600. The highest BCUT2D eigenvalue weighted by Gasteiger charge is 2.08. The van der Waals surface area contributed by atoms with Crippen LogP contribution in [-0.4, -0.2) is 62.9 Å². The highest BCUT2D eigenvalue weighted by molar-refractivity contribution is 5.90. The first kappa shape index (κ1) is 17.8. The van der Waals surface area contributed by atoms with Crippen molar-refractivity contribution in [2.75, 3.05) is 39.3 Å². The van der Waals surface area contributed by atoms with Crippen molar-refractivity contribution in [2.24, 2.45) is 11.5 Å². The van der Waals surface area contributed by atoms with Crippen molar-refractivity contribution in [2.45, 2.75) is 0 Å². The van der Waals surface area contributed by atoms with E-state index in [1.807, 2.05) is 0 Å². The van der Waals surface area contributed by atoms with Crippen LogP contribution in [0.25, 0.3) is 0 Å². The Bertz CT molecular complexity index is 360. The zero-order valence-electron chi connectivity index (χ0n) is 11.0. The monoisotopic (exact) mass is 288 g/mol. The van der Waals surface area contributed by atoms with Crippen LogP contribution in [0.2, 0.25) is 0 Å². The van der Waals surface area contributed by atoms with Gasteiger partial charge in [-0.3, -0.25) is 19.2 Å². The van der Waals surface area contributed by atoms with Gasteiger partial charge in [0.1, 0.15) is 0 Å². The van der Waals surface area contributed by atoms with Crippen LogP contribution in [0.5, 0.6) is 0 Å². The Kier molecular flexibility index (Phi) is 9.52. The van der Waals surface area contributed by atoms with Crippen molar-refractivity contribution in [3.63, 3.8) is 0 Å². The number of nitrogens with one attached hydrogen (secondary N) is 4. The molecule has 10 nitrogen and oxygen atoms in total. The van der Waals surface area contributed by atoms with Crippen LogP contribution in [0.1, 0.15) is 0 Å². The summed E-state index contributed by atoms with van der Waals surface area (Å²) in [4.78, 5) is 44.4. The molecule has 0 aliphatic heterocycles. The fourth-order valence-electron chi connectivity index (χ4n) is 1.01. The van der Waals surface area contributed by atoms with E-state index in [4.69, 9.17) is 11.5 Å². The van der Waals surface area contributed by atoms with E-state index in [0.29, 0.717) is 13.1 Å². The number of hydrogen-bond acceptors (Lipinski definition) is 6. The summed E-state index contributed by atoms with van der Waals surface area (Å²) in [7, 11) is 0. The Morgan fingerprint density at radius 2 is 1.05 bits per heavy atom. The molecule has 0 spiro atoms. The lowest BCUT2D eigenvalue weighted by molar-refractivity contribution is -0.128. The van der Waals surface area contributed by atoms with Crippen molar-refractivity contribution < 1.29 is 19.2 Å². The lowest BCUT2D eigenvalue weighted by Gasteiger charge is -2.07. The minimum absolute atomic E-state index is 0.196. The molecule has 0 aliphatic rings. The molecule has 20 heavy (non-hydrogen) atoms. The van der Waals surface area contributed by atoms with Gasteiger partial charge in [0.05, 0.1) is 26.2 Å². The molecule has 0 saturated heterocycles. The number of hydrogen-bond donors (Lipinski definition) is 6. The molecular weight excluding hydrogens is 268 g/mol. The fourth-order valence-corrected chi connectivity index (χ4v) is 1.01. The third kappa shape index (κ3) is 9.79. The number of amides is 4. The molecule has 0 fully saturated rings. The smallest absolute Gasteiger partial charge is 0.239 e. The van der Waals surface area contributed by atoms with Crippen LogP contribution in [0, 0.1) is 0 Å². The maximum Gasteiger partial charge on any atom is 0.239 e. The zero-order chi connectivity index (χ0) is 15.4. The second-order valence-electron chi connectivity index (χ2n) is 3.67. The summed E-state index contributed by atoms with van der Waals surface area (Å²) in [5.74, 6) is -1.90. The zero-order valence-corrected chi connectivity index (χ0v) is 11.0. The first-order valence-electron chi connectivity index (χ1n) is 5.96. The van der Waals surface area contributed by atoms with Crippen molar-refractivity contribution in [3.8, 4) is 0 Å². The highest BCUT2D eigenvalue weighted by atomic mass is 16.2. The quantitative estimate of drug-likeness (QED) is 0.249. The van der Waals surface area contributed by atoms with Gasteiger partial charge in [-0.1, -0.05) is 0 Å². The Hall–Kier alpha value is -2.20. The maximum atomic E-state index is 11.3. The van der Waals surface area contributed by atoms with Crippen molar-refractivity contribution in [1.29, 1.82) is 0 Å². The lowest BCUT2D eigenvalue weighted by Crippen LogP contribution is -2.45. The third-order valence-electron chi connectivity index (χ3n) is 1.99. The lowest BCUT2D eigenvalue weighted by atomic mass is 10.4. The second-order valence-corrected chi connectivity index (χ2v) is 3.67.